The molecule has 1 saturated heterocycles. The first-order valence-electron chi connectivity index (χ1n) is 9.24. The number of carbonyl (C=O) groups is 2. The van der Waals surface area contributed by atoms with Gasteiger partial charge in [-0.1, -0.05) is 24.3 Å². The molecule has 1 heterocycles. The van der Waals surface area contributed by atoms with Crippen LogP contribution in [0, 0.1) is 5.82 Å². The van der Waals surface area contributed by atoms with Crippen molar-refractivity contribution < 1.29 is 23.8 Å². The molecule has 4 rings (SSSR count). The largest absolute Gasteiger partial charge is 0.376 e. The number of benzene rings is 2. The van der Waals surface area contributed by atoms with Gasteiger partial charge < -0.3 is 20.5 Å². The van der Waals surface area contributed by atoms with E-state index in [9.17, 15) is 19.1 Å². The van der Waals surface area contributed by atoms with Crippen molar-refractivity contribution in [3.8, 4) is 0 Å². The summed E-state index contributed by atoms with van der Waals surface area (Å²) < 4.78 is 18.5. The molecule has 2 aromatic carbocycles. The highest BCUT2D eigenvalue weighted by Gasteiger charge is 2.46. The third kappa shape index (κ3) is 3.75. The van der Waals surface area contributed by atoms with Gasteiger partial charge in [-0.05, 0) is 42.0 Å². The normalized spacial score (nSPS) is 21.8. The lowest BCUT2D eigenvalue weighted by atomic mass is 9.99. The minimum atomic E-state index is -1.53. The number of thioether (sulfide) groups is 1. The van der Waals surface area contributed by atoms with Crippen molar-refractivity contribution >= 4 is 23.6 Å². The molecular formula is C21H21FN2O4S. The van der Waals surface area contributed by atoms with Crippen molar-refractivity contribution in [1.29, 1.82) is 0 Å². The monoisotopic (exact) mass is 416 g/mol. The maximum atomic E-state index is 13.5. The molecule has 0 unspecified atom stereocenters. The molecular weight excluding hydrogens is 395 g/mol. The van der Waals surface area contributed by atoms with Crippen LogP contribution in [0.2, 0.25) is 0 Å². The minimum Gasteiger partial charge on any atom is -0.376 e. The number of rotatable bonds is 5. The summed E-state index contributed by atoms with van der Waals surface area (Å²) in [7, 11) is 0. The van der Waals surface area contributed by atoms with Crippen LogP contribution in [-0.2, 0) is 16.0 Å². The second kappa shape index (κ2) is 7.78. The van der Waals surface area contributed by atoms with Gasteiger partial charge in [0.2, 0.25) is 0 Å². The van der Waals surface area contributed by atoms with E-state index in [1.54, 1.807) is 6.26 Å². The topological polar surface area (TPSA) is 87.7 Å². The fraction of sp³-hybridized carbons (Fsp3) is 0.333. The fourth-order valence-corrected chi connectivity index (χ4v) is 4.32. The molecule has 0 saturated carbocycles. The molecule has 2 amide bonds. The average Bonchev–Trinajstić information content (AvgIpc) is 3.02. The van der Waals surface area contributed by atoms with Gasteiger partial charge in [-0.3, -0.25) is 9.59 Å². The van der Waals surface area contributed by atoms with Crippen LogP contribution in [0.25, 0.3) is 0 Å². The van der Waals surface area contributed by atoms with E-state index in [4.69, 9.17) is 4.74 Å². The van der Waals surface area contributed by atoms with Crippen LogP contribution in [-0.4, -0.2) is 48.0 Å². The summed E-state index contributed by atoms with van der Waals surface area (Å²) in [5.41, 5.74) is 0.768. The van der Waals surface area contributed by atoms with Gasteiger partial charge in [-0.2, -0.15) is 0 Å². The molecule has 152 valence electrons. The van der Waals surface area contributed by atoms with Gasteiger partial charge in [-0.25, -0.2) is 4.39 Å². The zero-order valence-electron chi connectivity index (χ0n) is 15.8. The molecule has 3 N–H and O–H groups in total. The van der Waals surface area contributed by atoms with E-state index in [2.05, 4.69) is 10.6 Å². The Labute approximate surface area is 171 Å². The van der Waals surface area contributed by atoms with E-state index < -0.39 is 29.4 Å². The highest BCUT2D eigenvalue weighted by atomic mass is 32.2. The number of hydrogen-bond acceptors (Lipinski definition) is 5. The molecule has 6 nitrogen and oxygen atoms in total. The van der Waals surface area contributed by atoms with Gasteiger partial charge in [0.1, 0.15) is 5.82 Å². The minimum absolute atomic E-state index is 0.0448. The molecule has 1 aliphatic carbocycles. The Hall–Kier alpha value is -2.42. The maximum absolute atomic E-state index is 13.5. The molecule has 8 heteroatoms. The average molecular weight is 416 g/mol. The number of ether oxygens (including phenoxy) is 1. The number of amides is 2. The van der Waals surface area contributed by atoms with E-state index in [1.807, 2.05) is 24.3 Å². The first-order chi connectivity index (χ1) is 13.9. The summed E-state index contributed by atoms with van der Waals surface area (Å²) in [4.78, 5) is 26.0. The molecule has 1 aliphatic heterocycles. The first-order valence-corrected chi connectivity index (χ1v) is 10.5. The molecule has 29 heavy (non-hydrogen) atoms. The van der Waals surface area contributed by atoms with Crippen LogP contribution in [0.4, 0.5) is 4.39 Å². The van der Waals surface area contributed by atoms with Crippen LogP contribution in [0.1, 0.15) is 27.5 Å². The third-order valence-electron chi connectivity index (χ3n) is 5.35. The zero-order chi connectivity index (χ0) is 20.6. The lowest BCUT2D eigenvalue weighted by Crippen LogP contribution is -2.61. The Morgan fingerprint density at radius 1 is 1.21 bits per heavy atom. The van der Waals surface area contributed by atoms with Gasteiger partial charge >= 0.3 is 0 Å². The van der Waals surface area contributed by atoms with E-state index in [1.165, 1.54) is 30.0 Å². The predicted molar refractivity (Wildman–Crippen MR) is 106 cm³/mol. The summed E-state index contributed by atoms with van der Waals surface area (Å²) in [6, 6.07) is 10.8. The van der Waals surface area contributed by atoms with Gasteiger partial charge in [-0.15, -0.1) is 11.8 Å². The van der Waals surface area contributed by atoms with Crippen LogP contribution < -0.4 is 10.6 Å². The highest BCUT2D eigenvalue weighted by Crippen LogP contribution is 2.33. The Morgan fingerprint density at radius 2 is 1.97 bits per heavy atom. The number of aliphatic hydroxyl groups is 1. The number of nitrogens with one attached hydrogen (secondary N) is 2. The highest BCUT2D eigenvalue weighted by molar-refractivity contribution is 7.98. The third-order valence-corrected chi connectivity index (χ3v) is 6.13. The Balaban J connectivity index is 1.57. The number of fused-ring (bicyclic) bond motifs is 1. The van der Waals surface area contributed by atoms with E-state index in [0.717, 1.165) is 11.1 Å². The zero-order valence-corrected chi connectivity index (χ0v) is 16.6. The molecule has 0 aromatic heterocycles. The lowest BCUT2D eigenvalue weighted by molar-refractivity contribution is -0.191. The summed E-state index contributed by atoms with van der Waals surface area (Å²) in [5.74, 6) is -1.26. The SMILES string of the molecule is CSc1cc(F)ccc1C(=O)N[C@@H]1Cc2ccccc2[C@H]1NC(=O)C1(O)COC1. The molecule has 0 radical (unpaired) electrons. The van der Waals surface area contributed by atoms with Gasteiger partial charge in [0.25, 0.3) is 11.8 Å². The lowest BCUT2D eigenvalue weighted by Gasteiger charge is -2.36. The van der Waals surface area contributed by atoms with Gasteiger partial charge in [0, 0.05) is 4.90 Å². The second-order valence-corrected chi connectivity index (χ2v) is 8.15. The van der Waals surface area contributed by atoms with E-state index in [0.29, 0.717) is 16.9 Å². The van der Waals surface area contributed by atoms with Gasteiger partial charge in [0.05, 0.1) is 30.9 Å². The Bertz CT molecular complexity index is 963. The molecule has 2 aromatic rings. The summed E-state index contributed by atoms with van der Waals surface area (Å²) in [6.07, 6.45) is 2.32. The molecule has 2 atom stereocenters. The van der Waals surface area contributed by atoms with Crippen LogP contribution in [0.15, 0.2) is 47.4 Å². The van der Waals surface area contributed by atoms with E-state index >= 15 is 0 Å². The number of halogens is 1. The molecule has 1 fully saturated rings. The maximum Gasteiger partial charge on any atom is 0.257 e. The standard InChI is InChI=1S/C21H21FN2O4S/c1-29-17-9-13(22)6-7-15(17)19(25)23-16-8-12-4-2-3-5-14(12)18(16)24-20(26)21(27)10-28-11-21/h2-7,9,16,18,27H,8,10-11H2,1H3,(H,23,25)(H,24,26)/t16-,18-/m1/s1. The predicted octanol–water partition coefficient (Wildman–Crippen LogP) is 1.82. The summed E-state index contributed by atoms with van der Waals surface area (Å²) in [6.45, 7) is -0.0895. The van der Waals surface area contributed by atoms with Crippen molar-refractivity contribution in [3.05, 3.63) is 65.0 Å². The van der Waals surface area contributed by atoms with Crippen molar-refractivity contribution in [3.63, 3.8) is 0 Å². The molecule has 0 spiro atoms. The fourth-order valence-electron chi connectivity index (χ4n) is 3.71. The van der Waals surface area contributed by atoms with Crippen LogP contribution >= 0.6 is 11.8 Å². The quantitative estimate of drug-likeness (QED) is 0.648. The van der Waals surface area contributed by atoms with Crippen molar-refractivity contribution in [2.75, 3.05) is 19.5 Å². The molecule has 2 aliphatic rings. The van der Waals surface area contributed by atoms with Crippen molar-refractivity contribution in [2.45, 2.75) is 29.0 Å². The Morgan fingerprint density at radius 3 is 2.66 bits per heavy atom. The van der Waals surface area contributed by atoms with Crippen molar-refractivity contribution in [1.82, 2.24) is 10.6 Å². The molecule has 0 bridgehead atoms. The summed E-state index contributed by atoms with van der Waals surface area (Å²) in [5, 5.41) is 16.1. The van der Waals surface area contributed by atoms with Gasteiger partial charge in [0.15, 0.2) is 5.60 Å². The first kappa shape index (κ1) is 19.9. The summed E-state index contributed by atoms with van der Waals surface area (Å²) >= 11 is 1.29. The Kier molecular flexibility index (Phi) is 5.33. The number of hydrogen-bond donors (Lipinski definition) is 3. The van der Waals surface area contributed by atoms with Crippen LogP contribution in [0.3, 0.4) is 0 Å². The second-order valence-electron chi connectivity index (χ2n) is 7.30. The van der Waals surface area contributed by atoms with E-state index in [-0.39, 0.29) is 19.1 Å². The smallest absolute Gasteiger partial charge is 0.257 e. The van der Waals surface area contributed by atoms with Crippen LogP contribution in [0.5, 0.6) is 0 Å². The number of carbonyl (C=O) groups excluding carboxylic acids is 2. The van der Waals surface area contributed by atoms with Crippen molar-refractivity contribution in [2.24, 2.45) is 0 Å².